The summed E-state index contributed by atoms with van der Waals surface area (Å²) in [5.41, 5.74) is 5.19. The number of hydrogen-bond acceptors (Lipinski definition) is 6. The molecule has 2 aromatic heterocycles. The Morgan fingerprint density at radius 3 is 2.27 bits per heavy atom. The van der Waals surface area contributed by atoms with E-state index >= 15 is 0 Å². The van der Waals surface area contributed by atoms with Gasteiger partial charge >= 0.3 is 5.97 Å². The van der Waals surface area contributed by atoms with Crippen molar-refractivity contribution in [1.82, 2.24) is 14.5 Å². The number of carbonyl (C=O) groups is 2. The second-order valence-corrected chi connectivity index (χ2v) is 7.06. The van der Waals surface area contributed by atoms with Gasteiger partial charge in [0.25, 0.3) is 0 Å². The van der Waals surface area contributed by atoms with Gasteiger partial charge in [-0.05, 0) is 52.0 Å². The molecule has 6 nitrogen and oxygen atoms in total. The van der Waals surface area contributed by atoms with Gasteiger partial charge in [-0.25, -0.2) is 9.97 Å². The Bertz CT molecular complexity index is 820. The molecule has 0 N–H and O–H groups in total. The summed E-state index contributed by atoms with van der Waals surface area (Å²) in [5, 5.41) is 0.727. The van der Waals surface area contributed by atoms with E-state index in [4.69, 9.17) is 4.74 Å². The van der Waals surface area contributed by atoms with Crippen molar-refractivity contribution in [2.75, 3.05) is 12.9 Å². The van der Waals surface area contributed by atoms with Crippen LogP contribution in [0.4, 0.5) is 0 Å². The van der Waals surface area contributed by atoms with Crippen LogP contribution >= 0.6 is 11.8 Å². The molecule has 140 valence electrons. The first kappa shape index (κ1) is 20.2. The highest BCUT2D eigenvalue weighted by Crippen LogP contribution is 2.18. The highest BCUT2D eigenvalue weighted by Gasteiger charge is 2.17. The van der Waals surface area contributed by atoms with Gasteiger partial charge in [-0.3, -0.25) is 9.59 Å². The van der Waals surface area contributed by atoms with E-state index in [9.17, 15) is 9.59 Å². The van der Waals surface area contributed by atoms with Gasteiger partial charge in [-0.1, -0.05) is 11.8 Å². The number of thioether (sulfide) groups is 1. The minimum absolute atomic E-state index is 0.181. The standard InChI is InChI=1S/C19H25N3O3S/c1-11-9-16(14(4)22(11)5)17(23)10-25-18(24)8-7-15-12(2)20-19(26-6)21-13(15)3/h9H,7-8,10H2,1-6H3. The Balaban J connectivity index is 1.91. The summed E-state index contributed by atoms with van der Waals surface area (Å²) in [5.74, 6) is -0.573. The van der Waals surface area contributed by atoms with Crippen molar-refractivity contribution in [3.63, 3.8) is 0 Å². The molecule has 0 bridgehead atoms. The topological polar surface area (TPSA) is 74.1 Å². The van der Waals surface area contributed by atoms with Gasteiger partial charge in [0, 0.05) is 41.8 Å². The summed E-state index contributed by atoms with van der Waals surface area (Å²) in [4.78, 5) is 33.1. The van der Waals surface area contributed by atoms with Crippen molar-refractivity contribution in [3.05, 3.63) is 40.0 Å². The smallest absolute Gasteiger partial charge is 0.306 e. The molecule has 2 aromatic rings. The van der Waals surface area contributed by atoms with E-state index in [0.717, 1.165) is 33.5 Å². The van der Waals surface area contributed by atoms with Crippen LogP contribution < -0.4 is 0 Å². The third-order valence-electron chi connectivity index (χ3n) is 4.60. The monoisotopic (exact) mass is 375 g/mol. The van der Waals surface area contributed by atoms with Crippen LogP contribution in [0, 0.1) is 27.7 Å². The van der Waals surface area contributed by atoms with Gasteiger partial charge in [0.05, 0.1) is 0 Å². The minimum Gasteiger partial charge on any atom is -0.457 e. The zero-order valence-electron chi connectivity index (χ0n) is 16.2. The van der Waals surface area contributed by atoms with Crippen molar-refractivity contribution in [2.45, 2.75) is 45.7 Å². The normalized spacial score (nSPS) is 10.8. The Hall–Kier alpha value is -2.15. The fourth-order valence-electron chi connectivity index (χ4n) is 2.82. The van der Waals surface area contributed by atoms with Gasteiger partial charge in [0.1, 0.15) is 0 Å². The van der Waals surface area contributed by atoms with Gasteiger partial charge in [0.15, 0.2) is 11.8 Å². The summed E-state index contributed by atoms with van der Waals surface area (Å²) in [6.07, 6.45) is 2.63. The molecule has 26 heavy (non-hydrogen) atoms. The molecule has 0 unspecified atom stereocenters. The number of hydrogen-bond donors (Lipinski definition) is 0. The van der Waals surface area contributed by atoms with Crippen molar-refractivity contribution < 1.29 is 14.3 Å². The number of Topliss-reactive ketones (excluding diaryl/α,β-unsaturated/α-hetero) is 1. The summed E-state index contributed by atoms with van der Waals surface area (Å²) in [6.45, 7) is 7.41. The largest absolute Gasteiger partial charge is 0.457 e. The first-order valence-electron chi connectivity index (χ1n) is 8.44. The van der Waals surface area contributed by atoms with Crippen molar-refractivity contribution in [3.8, 4) is 0 Å². The molecule has 0 aliphatic heterocycles. The lowest BCUT2D eigenvalue weighted by molar-refractivity contribution is -0.142. The summed E-state index contributed by atoms with van der Waals surface area (Å²) in [7, 11) is 1.91. The van der Waals surface area contributed by atoms with E-state index < -0.39 is 5.97 Å². The Kier molecular flexibility index (Phi) is 6.58. The predicted molar refractivity (Wildman–Crippen MR) is 102 cm³/mol. The maximum Gasteiger partial charge on any atom is 0.306 e. The molecule has 0 fully saturated rings. The third-order valence-corrected chi connectivity index (χ3v) is 5.15. The number of carbonyl (C=O) groups excluding carboxylic acids is 2. The lowest BCUT2D eigenvalue weighted by Crippen LogP contribution is -2.15. The van der Waals surface area contributed by atoms with Gasteiger partial charge in [0.2, 0.25) is 5.78 Å². The highest BCUT2D eigenvalue weighted by molar-refractivity contribution is 7.98. The van der Waals surface area contributed by atoms with Crippen LogP contribution in [0.3, 0.4) is 0 Å². The molecular formula is C19H25N3O3S. The molecule has 7 heteroatoms. The molecule has 2 rings (SSSR count). The lowest BCUT2D eigenvalue weighted by Gasteiger charge is -2.10. The highest BCUT2D eigenvalue weighted by atomic mass is 32.2. The summed E-state index contributed by atoms with van der Waals surface area (Å²) >= 11 is 1.49. The Labute approximate surface area is 158 Å². The molecule has 0 saturated carbocycles. The Morgan fingerprint density at radius 1 is 1.15 bits per heavy atom. The fraction of sp³-hybridized carbons (Fsp3) is 0.474. The maximum absolute atomic E-state index is 12.3. The second kappa shape index (κ2) is 8.49. The molecule has 0 amide bonds. The zero-order chi connectivity index (χ0) is 19.4. The summed E-state index contributed by atoms with van der Waals surface area (Å²) < 4.78 is 7.11. The van der Waals surface area contributed by atoms with Gasteiger partial charge in [-0.15, -0.1) is 0 Å². The molecule has 0 saturated heterocycles. The van der Waals surface area contributed by atoms with E-state index in [1.165, 1.54) is 11.8 Å². The van der Waals surface area contributed by atoms with Crippen LogP contribution in [0.1, 0.15) is 45.1 Å². The van der Waals surface area contributed by atoms with E-state index in [-0.39, 0.29) is 18.8 Å². The number of ketones is 1. The fourth-order valence-corrected chi connectivity index (χ4v) is 3.28. The second-order valence-electron chi connectivity index (χ2n) is 6.29. The number of ether oxygens (including phenoxy) is 1. The van der Waals surface area contributed by atoms with E-state index in [1.54, 1.807) is 0 Å². The predicted octanol–water partition coefficient (Wildman–Crippen LogP) is 3.13. The van der Waals surface area contributed by atoms with Crippen LogP contribution in [-0.4, -0.2) is 39.2 Å². The van der Waals surface area contributed by atoms with Gasteiger partial charge < -0.3 is 9.30 Å². The number of esters is 1. The van der Waals surface area contributed by atoms with Crippen LogP contribution in [0.25, 0.3) is 0 Å². The molecule has 0 radical (unpaired) electrons. The first-order valence-corrected chi connectivity index (χ1v) is 9.67. The van der Waals surface area contributed by atoms with E-state index in [2.05, 4.69) is 9.97 Å². The van der Waals surface area contributed by atoms with Crippen LogP contribution in [0.5, 0.6) is 0 Å². The van der Waals surface area contributed by atoms with Crippen molar-refractivity contribution >= 4 is 23.5 Å². The minimum atomic E-state index is -0.392. The van der Waals surface area contributed by atoms with Crippen molar-refractivity contribution in [2.24, 2.45) is 7.05 Å². The van der Waals surface area contributed by atoms with Crippen LogP contribution in [0.2, 0.25) is 0 Å². The molecule has 0 spiro atoms. The van der Waals surface area contributed by atoms with Crippen molar-refractivity contribution in [1.29, 1.82) is 0 Å². The van der Waals surface area contributed by atoms with Crippen LogP contribution in [0.15, 0.2) is 11.2 Å². The number of rotatable bonds is 7. The lowest BCUT2D eigenvalue weighted by atomic mass is 10.1. The molecule has 0 atom stereocenters. The molecular weight excluding hydrogens is 350 g/mol. The third kappa shape index (κ3) is 4.52. The summed E-state index contributed by atoms with van der Waals surface area (Å²) in [6, 6.07) is 1.82. The SMILES string of the molecule is CSc1nc(C)c(CCC(=O)OCC(=O)c2cc(C)n(C)c2C)c(C)n1. The van der Waals surface area contributed by atoms with E-state index in [0.29, 0.717) is 12.0 Å². The maximum atomic E-state index is 12.3. The molecule has 0 aliphatic rings. The number of nitrogens with zero attached hydrogens (tertiary/aromatic N) is 3. The van der Waals surface area contributed by atoms with Crippen LogP contribution in [-0.2, 0) is 23.0 Å². The first-order chi connectivity index (χ1) is 12.2. The Morgan fingerprint density at radius 2 is 1.77 bits per heavy atom. The zero-order valence-corrected chi connectivity index (χ0v) is 17.0. The molecule has 0 aliphatic carbocycles. The molecule has 2 heterocycles. The van der Waals surface area contributed by atoms with Gasteiger partial charge in [-0.2, -0.15) is 0 Å². The average Bonchev–Trinajstić information content (AvgIpc) is 2.86. The number of aromatic nitrogens is 3. The average molecular weight is 375 g/mol. The van der Waals surface area contributed by atoms with E-state index in [1.807, 2.05) is 51.6 Å². The molecule has 0 aromatic carbocycles. The number of aryl methyl sites for hydroxylation is 3. The quantitative estimate of drug-likeness (QED) is 0.320.